The number of aromatic nitrogens is 1. The SMILES string of the molecule is Cc1cc(-c2ccccc2)cn1CCOc1ccccc1. The summed E-state index contributed by atoms with van der Waals surface area (Å²) in [6.45, 7) is 3.66. The van der Waals surface area contributed by atoms with Crippen LogP contribution in [0.2, 0.25) is 0 Å². The summed E-state index contributed by atoms with van der Waals surface area (Å²) in [5, 5.41) is 0. The van der Waals surface area contributed by atoms with Crippen molar-refractivity contribution < 1.29 is 4.74 Å². The molecular formula is C19H19NO. The van der Waals surface area contributed by atoms with E-state index in [1.54, 1.807) is 0 Å². The fraction of sp³-hybridized carbons (Fsp3) is 0.158. The molecule has 106 valence electrons. The smallest absolute Gasteiger partial charge is 0.119 e. The zero-order chi connectivity index (χ0) is 14.5. The minimum atomic E-state index is 0.674. The van der Waals surface area contributed by atoms with Gasteiger partial charge in [-0.3, -0.25) is 0 Å². The van der Waals surface area contributed by atoms with Crippen LogP contribution in [0.15, 0.2) is 72.9 Å². The Bertz CT molecular complexity index is 686. The van der Waals surface area contributed by atoms with E-state index in [2.05, 4.69) is 48.0 Å². The zero-order valence-electron chi connectivity index (χ0n) is 12.2. The Balaban J connectivity index is 1.65. The van der Waals surface area contributed by atoms with Gasteiger partial charge in [0.2, 0.25) is 0 Å². The second-order valence-electron chi connectivity index (χ2n) is 5.09. The fourth-order valence-electron chi connectivity index (χ4n) is 2.42. The molecule has 0 bridgehead atoms. The van der Waals surface area contributed by atoms with Gasteiger partial charge in [-0.15, -0.1) is 0 Å². The van der Waals surface area contributed by atoms with Crippen LogP contribution in [0, 0.1) is 6.92 Å². The third-order valence-electron chi connectivity index (χ3n) is 3.56. The molecule has 0 fully saturated rings. The van der Waals surface area contributed by atoms with Crippen molar-refractivity contribution in [3.05, 3.63) is 78.6 Å². The van der Waals surface area contributed by atoms with Gasteiger partial charge >= 0.3 is 0 Å². The number of hydrogen-bond acceptors (Lipinski definition) is 1. The highest BCUT2D eigenvalue weighted by Crippen LogP contribution is 2.21. The highest BCUT2D eigenvalue weighted by Gasteiger charge is 2.04. The first-order chi connectivity index (χ1) is 10.3. The fourth-order valence-corrected chi connectivity index (χ4v) is 2.42. The molecule has 0 saturated carbocycles. The average Bonchev–Trinajstić information content (AvgIpc) is 2.91. The first-order valence-corrected chi connectivity index (χ1v) is 7.23. The van der Waals surface area contributed by atoms with Crippen molar-refractivity contribution in [3.63, 3.8) is 0 Å². The van der Waals surface area contributed by atoms with Crippen molar-refractivity contribution in [2.75, 3.05) is 6.61 Å². The van der Waals surface area contributed by atoms with Crippen molar-refractivity contribution in [2.45, 2.75) is 13.5 Å². The summed E-state index contributed by atoms with van der Waals surface area (Å²) in [6, 6.07) is 22.6. The molecule has 2 aromatic carbocycles. The molecule has 0 radical (unpaired) electrons. The Hall–Kier alpha value is -2.48. The van der Waals surface area contributed by atoms with E-state index in [1.807, 2.05) is 36.4 Å². The molecule has 0 saturated heterocycles. The van der Waals surface area contributed by atoms with Crippen LogP contribution in [-0.2, 0) is 6.54 Å². The van der Waals surface area contributed by atoms with Gasteiger partial charge in [0.15, 0.2) is 0 Å². The number of rotatable bonds is 5. The lowest BCUT2D eigenvalue weighted by molar-refractivity contribution is 0.297. The monoisotopic (exact) mass is 277 g/mol. The summed E-state index contributed by atoms with van der Waals surface area (Å²) in [6.07, 6.45) is 2.19. The maximum atomic E-state index is 5.76. The Morgan fingerprint density at radius 1 is 0.857 bits per heavy atom. The molecule has 0 unspecified atom stereocenters. The van der Waals surface area contributed by atoms with Crippen LogP contribution >= 0.6 is 0 Å². The van der Waals surface area contributed by atoms with Crippen LogP contribution in [0.3, 0.4) is 0 Å². The summed E-state index contributed by atoms with van der Waals surface area (Å²) in [7, 11) is 0. The second-order valence-corrected chi connectivity index (χ2v) is 5.09. The Kier molecular flexibility index (Phi) is 4.06. The lowest BCUT2D eigenvalue weighted by Gasteiger charge is -2.08. The molecule has 0 aliphatic carbocycles. The standard InChI is InChI=1S/C19H19NO/c1-16-14-18(17-8-4-2-5-9-17)15-20(16)12-13-21-19-10-6-3-7-11-19/h2-11,14-15H,12-13H2,1H3. The van der Waals surface area contributed by atoms with Crippen LogP contribution in [0.25, 0.3) is 11.1 Å². The third-order valence-corrected chi connectivity index (χ3v) is 3.56. The van der Waals surface area contributed by atoms with Crippen LogP contribution in [0.4, 0.5) is 0 Å². The van der Waals surface area contributed by atoms with E-state index in [0.29, 0.717) is 6.61 Å². The number of benzene rings is 2. The van der Waals surface area contributed by atoms with E-state index in [-0.39, 0.29) is 0 Å². The van der Waals surface area contributed by atoms with Gasteiger partial charge in [-0.1, -0.05) is 48.5 Å². The van der Waals surface area contributed by atoms with Crippen LogP contribution in [0.1, 0.15) is 5.69 Å². The number of hydrogen-bond donors (Lipinski definition) is 0. The molecule has 2 heteroatoms. The molecule has 0 amide bonds. The van der Waals surface area contributed by atoms with Gasteiger partial charge in [0.05, 0.1) is 6.54 Å². The molecule has 0 aliphatic heterocycles. The average molecular weight is 277 g/mol. The number of nitrogens with zero attached hydrogens (tertiary/aromatic N) is 1. The lowest BCUT2D eigenvalue weighted by Crippen LogP contribution is -2.08. The summed E-state index contributed by atoms with van der Waals surface area (Å²) >= 11 is 0. The first-order valence-electron chi connectivity index (χ1n) is 7.23. The largest absolute Gasteiger partial charge is 0.492 e. The van der Waals surface area contributed by atoms with E-state index in [0.717, 1.165) is 12.3 Å². The maximum absolute atomic E-state index is 5.76. The van der Waals surface area contributed by atoms with Crippen LogP contribution in [0.5, 0.6) is 5.75 Å². The van der Waals surface area contributed by atoms with Crippen molar-refractivity contribution in [1.29, 1.82) is 0 Å². The molecular weight excluding hydrogens is 258 g/mol. The van der Waals surface area contributed by atoms with Gasteiger partial charge in [0, 0.05) is 11.9 Å². The van der Waals surface area contributed by atoms with Gasteiger partial charge in [0.1, 0.15) is 12.4 Å². The Morgan fingerprint density at radius 3 is 2.24 bits per heavy atom. The van der Waals surface area contributed by atoms with Crippen molar-refractivity contribution in [2.24, 2.45) is 0 Å². The van der Waals surface area contributed by atoms with E-state index in [4.69, 9.17) is 4.74 Å². The van der Waals surface area contributed by atoms with Gasteiger partial charge in [0.25, 0.3) is 0 Å². The molecule has 1 heterocycles. The van der Waals surface area contributed by atoms with Gasteiger partial charge in [-0.25, -0.2) is 0 Å². The summed E-state index contributed by atoms with van der Waals surface area (Å²) in [4.78, 5) is 0. The minimum Gasteiger partial charge on any atom is -0.492 e. The maximum Gasteiger partial charge on any atom is 0.119 e. The van der Waals surface area contributed by atoms with Crippen LogP contribution in [-0.4, -0.2) is 11.2 Å². The highest BCUT2D eigenvalue weighted by molar-refractivity contribution is 5.63. The number of ether oxygens (including phenoxy) is 1. The van der Waals surface area contributed by atoms with Crippen molar-refractivity contribution >= 4 is 0 Å². The Morgan fingerprint density at radius 2 is 1.52 bits per heavy atom. The molecule has 3 aromatic rings. The third kappa shape index (κ3) is 3.34. The topological polar surface area (TPSA) is 14.2 Å². The lowest BCUT2D eigenvalue weighted by atomic mass is 10.1. The minimum absolute atomic E-state index is 0.674. The molecule has 3 rings (SSSR count). The molecule has 0 spiro atoms. The molecule has 2 nitrogen and oxygen atoms in total. The number of para-hydroxylation sites is 1. The second kappa shape index (κ2) is 6.31. The molecule has 21 heavy (non-hydrogen) atoms. The summed E-state index contributed by atoms with van der Waals surface area (Å²) < 4.78 is 8.00. The van der Waals surface area contributed by atoms with Gasteiger partial charge < -0.3 is 9.30 Å². The molecule has 0 atom stereocenters. The van der Waals surface area contributed by atoms with Gasteiger partial charge in [-0.2, -0.15) is 0 Å². The van der Waals surface area contributed by atoms with Crippen LogP contribution < -0.4 is 4.74 Å². The van der Waals surface area contributed by atoms with E-state index in [9.17, 15) is 0 Å². The first kappa shape index (κ1) is 13.5. The van der Waals surface area contributed by atoms with Gasteiger partial charge in [-0.05, 0) is 36.2 Å². The molecule has 1 aromatic heterocycles. The zero-order valence-corrected chi connectivity index (χ0v) is 12.2. The van der Waals surface area contributed by atoms with E-state index < -0.39 is 0 Å². The summed E-state index contributed by atoms with van der Waals surface area (Å²) in [5.41, 5.74) is 3.77. The van der Waals surface area contributed by atoms with E-state index in [1.165, 1.54) is 16.8 Å². The number of aryl methyl sites for hydroxylation is 1. The predicted molar refractivity (Wildman–Crippen MR) is 86.5 cm³/mol. The normalized spacial score (nSPS) is 10.5. The highest BCUT2D eigenvalue weighted by atomic mass is 16.5. The van der Waals surface area contributed by atoms with Crippen molar-refractivity contribution in [1.82, 2.24) is 4.57 Å². The Labute approximate surface area is 125 Å². The summed E-state index contributed by atoms with van der Waals surface area (Å²) in [5.74, 6) is 0.922. The quantitative estimate of drug-likeness (QED) is 0.667. The van der Waals surface area contributed by atoms with E-state index >= 15 is 0 Å². The molecule has 0 aliphatic rings. The predicted octanol–water partition coefficient (Wildman–Crippen LogP) is 4.54. The van der Waals surface area contributed by atoms with Crippen molar-refractivity contribution in [3.8, 4) is 16.9 Å². The molecule has 0 N–H and O–H groups in total.